The normalized spacial score (nSPS) is 11.2. The maximum Gasteiger partial charge on any atom is 2.00 e. The van der Waals surface area contributed by atoms with Gasteiger partial charge in [0.05, 0.1) is 0 Å². The summed E-state index contributed by atoms with van der Waals surface area (Å²) in [5.74, 6) is -1.64. The van der Waals surface area contributed by atoms with E-state index < -0.39 is 11.9 Å². The Bertz CT molecular complexity index is 1050. The molecule has 0 saturated heterocycles. The second kappa shape index (κ2) is 15.9. The number of hydrogen-bond acceptors (Lipinski definition) is 8. The number of nitrogens with zero attached hydrogens (tertiary/aromatic N) is 2. The fourth-order valence-electron chi connectivity index (χ4n) is 3.28. The summed E-state index contributed by atoms with van der Waals surface area (Å²) in [5.41, 5.74) is 5.06. The molecule has 0 aliphatic carbocycles. The van der Waals surface area contributed by atoms with Crippen molar-refractivity contribution in [1.82, 2.24) is 0 Å². The molecule has 8 nitrogen and oxygen atoms in total. The van der Waals surface area contributed by atoms with Crippen LogP contribution in [0, 0.1) is 13.8 Å². The zero-order valence-electron chi connectivity index (χ0n) is 23.9. The number of carbonyl (C=O) groups excluding carboxylic acids is 2. The molecule has 0 heterocycles. The van der Waals surface area contributed by atoms with Crippen molar-refractivity contribution in [3.63, 3.8) is 0 Å². The minimum Gasteiger partial charge on any atom is -0.550 e. The molecule has 2 rings (SSSR count). The molecule has 1 radical (unpaired) electrons. The average molecular weight is 572 g/mol. The van der Waals surface area contributed by atoms with E-state index in [0.717, 1.165) is 36.1 Å². The Hall–Kier alpha value is -3.17. The van der Waals surface area contributed by atoms with Gasteiger partial charge in [-0.2, -0.15) is 0 Å². The number of carboxylic acid groups (broad SMARTS) is 2. The molecule has 0 aliphatic heterocycles. The van der Waals surface area contributed by atoms with E-state index in [2.05, 4.69) is 51.5 Å². The van der Waals surface area contributed by atoms with Crippen molar-refractivity contribution in [3.05, 3.63) is 57.6 Å². The summed E-state index contributed by atoms with van der Waals surface area (Å²) in [7, 11) is 0. The smallest absolute Gasteiger partial charge is 0.550 e. The van der Waals surface area contributed by atoms with Crippen molar-refractivity contribution < 1.29 is 46.8 Å². The number of rotatable bonds is 4. The molecular weight excluding hydrogens is 531 g/mol. The number of carbonyl (C=O) groups is 2. The topological polar surface area (TPSA) is 145 Å². The number of benzene rings is 2. The largest absolute Gasteiger partial charge is 2.00 e. The number of phenols is 2. The van der Waals surface area contributed by atoms with E-state index in [4.69, 9.17) is 19.8 Å². The molecule has 0 fully saturated rings. The van der Waals surface area contributed by atoms with Crippen LogP contribution in [-0.4, -0.2) is 41.2 Å². The average Bonchev–Trinajstić information content (AvgIpc) is 2.69. The van der Waals surface area contributed by atoms with Crippen molar-refractivity contribution >= 4 is 24.4 Å². The molecule has 2 N–H and O–H groups in total. The molecule has 0 aliphatic rings. The molecule has 2 aromatic carbocycles. The predicted octanol–water partition coefficient (Wildman–Crippen LogP) is 3.32. The summed E-state index contributed by atoms with van der Waals surface area (Å²) >= 11 is 0. The van der Waals surface area contributed by atoms with Gasteiger partial charge in [-0.1, -0.05) is 53.7 Å². The van der Waals surface area contributed by atoms with Gasteiger partial charge in [-0.05, 0) is 61.8 Å². The SMILES string of the molecule is CC(=O)[O-].CC(=O)[O-].Cc1cc(C=NCN=Cc2cc(C)cc(C(C)(C)C)c2O)c(O)c(C(C)(C)C)c1.[Co+2]. The van der Waals surface area contributed by atoms with E-state index in [1.807, 2.05) is 38.1 Å². The van der Waals surface area contributed by atoms with Gasteiger partial charge in [-0.3, -0.25) is 9.98 Å². The number of aryl methyl sites for hydroxylation is 2. The number of hydrogen-bond donors (Lipinski definition) is 2. The summed E-state index contributed by atoms with van der Waals surface area (Å²) in [6.07, 6.45) is 3.32. The van der Waals surface area contributed by atoms with E-state index in [9.17, 15) is 10.2 Å². The maximum absolute atomic E-state index is 10.6. The maximum atomic E-state index is 10.6. The molecule has 211 valence electrons. The minimum absolute atomic E-state index is 0. The first-order valence-electron chi connectivity index (χ1n) is 11.8. The first kappa shape index (κ1) is 37.0. The number of carboxylic acids is 2. The van der Waals surface area contributed by atoms with E-state index >= 15 is 0 Å². The van der Waals surface area contributed by atoms with Gasteiger partial charge in [0.2, 0.25) is 0 Å². The van der Waals surface area contributed by atoms with Crippen LogP contribution in [0.2, 0.25) is 0 Å². The molecule has 0 atom stereocenters. The van der Waals surface area contributed by atoms with Gasteiger partial charge in [-0.25, -0.2) is 0 Å². The van der Waals surface area contributed by atoms with Crippen molar-refractivity contribution in [2.75, 3.05) is 6.67 Å². The minimum atomic E-state index is -1.08. The molecule has 0 spiro atoms. The Balaban J connectivity index is 0. The first-order chi connectivity index (χ1) is 16.8. The van der Waals surface area contributed by atoms with Crippen molar-refractivity contribution in [3.8, 4) is 11.5 Å². The number of aromatic hydroxyl groups is 2. The van der Waals surface area contributed by atoms with Crippen molar-refractivity contribution in [2.24, 2.45) is 9.98 Å². The van der Waals surface area contributed by atoms with E-state index in [1.165, 1.54) is 0 Å². The van der Waals surface area contributed by atoms with Crippen LogP contribution >= 0.6 is 0 Å². The Morgan fingerprint density at radius 2 is 1.00 bits per heavy atom. The Morgan fingerprint density at radius 1 is 0.737 bits per heavy atom. The molecule has 0 aromatic heterocycles. The van der Waals surface area contributed by atoms with Crippen LogP contribution in [-0.2, 0) is 37.2 Å². The van der Waals surface area contributed by atoms with Crippen LogP contribution in [0.4, 0.5) is 0 Å². The third kappa shape index (κ3) is 13.9. The van der Waals surface area contributed by atoms with Crippen LogP contribution in [0.1, 0.15) is 88.8 Å². The standard InChI is InChI=1S/C25H34N2O2.2C2H4O2.Co/c1-16-9-18(22(28)20(11-16)24(3,4)5)13-26-15-27-14-19-10-17(2)12-21(23(19)29)25(6,7)8;2*1-2(3)4;/h9-14,28-29H,15H2,1-8H3;2*1H3,(H,3,4);/q;;;+2/p-2. The van der Waals surface area contributed by atoms with Crippen LogP contribution < -0.4 is 10.2 Å². The molecule has 38 heavy (non-hydrogen) atoms. The molecule has 0 saturated carbocycles. The van der Waals surface area contributed by atoms with Crippen molar-refractivity contribution in [2.45, 2.75) is 80.1 Å². The summed E-state index contributed by atoms with van der Waals surface area (Å²) in [5, 5.41) is 39.0. The quantitative estimate of drug-likeness (QED) is 0.539. The van der Waals surface area contributed by atoms with Gasteiger partial charge in [-0.15, -0.1) is 0 Å². The Kier molecular flexibility index (Phi) is 15.5. The Labute approximate surface area is 236 Å². The molecule has 0 amide bonds. The van der Waals surface area contributed by atoms with Gasteiger partial charge in [0.25, 0.3) is 0 Å². The number of phenolic OH excluding ortho intramolecular Hbond substituents is 2. The fourth-order valence-corrected chi connectivity index (χ4v) is 3.28. The van der Waals surface area contributed by atoms with Gasteiger partial charge in [0.1, 0.15) is 18.2 Å². The van der Waals surface area contributed by atoms with Crippen LogP contribution in [0.15, 0.2) is 34.3 Å². The number of aliphatic carboxylic acids is 2. The third-order valence-electron chi connectivity index (χ3n) is 4.81. The first-order valence-corrected chi connectivity index (χ1v) is 11.8. The third-order valence-corrected chi connectivity index (χ3v) is 4.81. The summed E-state index contributed by atoms with van der Waals surface area (Å²) in [4.78, 5) is 26.5. The van der Waals surface area contributed by atoms with Crippen LogP contribution in [0.3, 0.4) is 0 Å². The fraction of sp³-hybridized carbons (Fsp3) is 0.448. The van der Waals surface area contributed by atoms with Crippen LogP contribution in [0.5, 0.6) is 11.5 Å². The van der Waals surface area contributed by atoms with E-state index in [-0.39, 0.29) is 45.8 Å². The molecule has 2 aromatic rings. The molecular formula is C29H40CoN2O6. The van der Waals surface area contributed by atoms with Crippen LogP contribution in [0.25, 0.3) is 0 Å². The zero-order valence-corrected chi connectivity index (χ0v) is 25.0. The summed E-state index contributed by atoms with van der Waals surface area (Å²) < 4.78 is 0. The second-order valence-electron chi connectivity index (χ2n) is 10.7. The van der Waals surface area contributed by atoms with Gasteiger partial charge in [0, 0.05) is 46.6 Å². The van der Waals surface area contributed by atoms with Gasteiger partial charge >= 0.3 is 16.8 Å². The van der Waals surface area contributed by atoms with E-state index in [1.54, 1.807) is 12.4 Å². The predicted molar refractivity (Wildman–Crippen MR) is 145 cm³/mol. The van der Waals surface area contributed by atoms with Crippen molar-refractivity contribution in [1.29, 1.82) is 0 Å². The number of aliphatic imine (C=N–C) groups is 2. The molecule has 0 unspecified atom stereocenters. The van der Waals surface area contributed by atoms with Gasteiger partial charge < -0.3 is 30.0 Å². The van der Waals surface area contributed by atoms with E-state index in [0.29, 0.717) is 11.1 Å². The monoisotopic (exact) mass is 571 g/mol. The molecule has 0 bridgehead atoms. The zero-order chi connectivity index (χ0) is 29.1. The summed E-state index contributed by atoms with van der Waals surface area (Å²) in [6.45, 7) is 18.6. The summed E-state index contributed by atoms with van der Waals surface area (Å²) in [6, 6.07) is 7.86. The van der Waals surface area contributed by atoms with Gasteiger partial charge in [0.15, 0.2) is 0 Å². The molecule has 9 heteroatoms. The second-order valence-corrected chi connectivity index (χ2v) is 10.7. The Morgan fingerprint density at radius 3 is 1.24 bits per heavy atom.